The van der Waals surface area contributed by atoms with Crippen molar-refractivity contribution >= 4 is 0 Å². The Morgan fingerprint density at radius 3 is 2.12 bits per heavy atom. The van der Waals surface area contributed by atoms with Gasteiger partial charge >= 0.3 is 6.18 Å². The summed E-state index contributed by atoms with van der Waals surface area (Å²) in [6, 6.07) is 1.47. The van der Waals surface area contributed by atoms with Crippen molar-refractivity contribution < 1.29 is 23.0 Å². The fourth-order valence-electron chi connectivity index (χ4n) is 1.57. The van der Waals surface area contributed by atoms with Gasteiger partial charge in [-0.1, -0.05) is 0 Å². The molecular weight excluding hydrogens is 235 g/mol. The van der Waals surface area contributed by atoms with Crippen LogP contribution in [0.4, 0.5) is 13.2 Å². The van der Waals surface area contributed by atoms with Crippen molar-refractivity contribution in [1.82, 2.24) is 0 Å². The van der Waals surface area contributed by atoms with Crippen molar-refractivity contribution in [1.29, 1.82) is 0 Å². The van der Waals surface area contributed by atoms with E-state index in [0.29, 0.717) is 6.07 Å². The highest BCUT2D eigenvalue weighted by Crippen LogP contribution is 2.41. The molecule has 0 unspecified atom stereocenters. The highest BCUT2D eigenvalue weighted by atomic mass is 19.4. The Morgan fingerprint density at radius 2 is 1.76 bits per heavy atom. The number of hydrogen-bond acceptors (Lipinski definition) is 3. The molecule has 0 saturated carbocycles. The van der Waals surface area contributed by atoms with Gasteiger partial charge in [0.15, 0.2) is 0 Å². The first kappa shape index (κ1) is 13.6. The Morgan fingerprint density at radius 1 is 1.24 bits per heavy atom. The minimum Gasteiger partial charge on any atom is -0.507 e. The van der Waals surface area contributed by atoms with Crippen molar-refractivity contribution in [3.63, 3.8) is 0 Å². The van der Waals surface area contributed by atoms with Crippen LogP contribution in [0.1, 0.15) is 25.0 Å². The SMILES string of the molecule is COc1cc(C(F)(F)F)cc(O)c1C(C)(C)N. The van der Waals surface area contributed by atoms with Crippen LogP contribution < -0.4 is 10.5 Å². The average Bonchev–Trinajstić information content (AvgIpc) is 2.12. The number of phenols is 1. The summed E-state index contributed by atoms with van der Waals surface area (Å²) in [5, 5.41) is 9.64. The molecule has 0 aliphatic heterocycles. The molecule has 0 bridgehead atoms. The Hall–Kier alpha value is -1.43. The van der Waals surface area contributed by atoms with Gasteiger partial charge in [-0.25, -0.2) is 0 Å². The largest absolute Gasteiger partial charge is 0.507 e. The number of aromatic hydroxyl groups is 1. The van der Waals surface area contributed by atoms with E-state index in [4.69, 9.17) is 10.5 Å². The number of hydrogen-bond donors (Lipinski definition) is 2. The standard InChI is InChI=1S/C11H14F3NO2/c1-10(2,15)9-7(16)4-6(11(12,13)14)5-8(9)17-3/h4-5,16H,15H2,1-3H3. The first-order valence-electron chi connectivity index (χ1n) is 4.85. The van der Waals surface area contributed by atoms with Gasteiger partial charge in [-0.05, 0) is 26.0 Å². The molecule has 0 heterocycles. The predicted molar refractivity (Wildman–Crippen MR) is 56.9 cm³/mol. The Kier molecular flexibility index (Phi) is 3.29. The monoisotopic (exact) mass is 249 g/mol. The third kappa shape index (κ3) is 2.82. The summed E-state index contributed by atoms with van der Waals surface area (Å²) in [6.07, 6.45) is -4.54. The molecule has 3 N–H and O–H groups in total. The molecular formula is C11H14F3NO2. The van der Waals surface area contributed by atoms with Crippen LogP contribution in [0.3, 0.4) is 0 Å². The van der Waals surface area contributed by atoms with Gasteiger partial charge in [-0.2, -0.15) is 13.2 Å². The summed E-state index contributed by atoms with van der Waals surface area (Å²) in [5.74, 6) is -0.603. The quantitative estimate of drug-likeness (QED) is 0.847. The molecule has 0 aromatic heterocycles. The zero-order valence-electron chi connectivity index (χ0n) is 9.72. The van der Waals surface area contributed by atoms with Gasteiger partial charge in [0.25, 0.3) is 0 Å². The van der Waals surface area contributed by atoms with Crippen LogP contribution in [0.25, 0.3) is 0 Å². The zero-order chi connectivity index (χ0) is 13.4. The van der Waals surface area contributed by atoms with Gasteiger partial charge in [0, 0.05) is 5.54 Å². The van der Waals surface area contributed by atoms with E-state index in [1.54, 1.807) is 13.8 Å². The van der Waals surface area contributed by atoms with Crippen LogP contribution in [0, 0.1) is 0 Å². The van der Waals surface area contributed by atoms with Gasteiger partial charge in [-0.3, -0.25) is 0 Å². The van der Waals surface area contributed by atoms with E-state index in [-0.39, 0.29) is 11.3 Å². The molecule has 0 fully saturated rings. The summed E-state index contributed by atoms with van der Waals surface area (Å²) in [4.78, 5) is 0. The lowest BCUT2D eigenvalue weighted by Crippen LogP contribution is -2.29. The first-order chi connectivity index (χ1) is 7.57. The lowest BCUT2D eigenvalue weighted by molar-refractivity contribution is -0.137. The Bertz CT molecular complexity index is 422. The molecule has 0 amide bonds. The molecule has 0 radical (unpaired) electrons. The van der Waals surface area contributed by atoms with Crippen LogP contribution in [0.15, 0.2) is 12.1 Å². The number of nitrogens with two attached hydrogens (primary N) is 1. The van der Waals surface area contributed by atoms with Crippen molar-refractivity contribution in [3.05, 3.63) is 23.3 Å². The Labute approximate surface area is 97.0 Å². The van der Waals surface area contributed by atoms with Crippen molar-refractivity contribution in [3.8, 4) is 11.5 Å². The molecule has 0 aliphatic carbocycles. The van der Waals surface area contributed by atoms with E-state index in [0.717, 1.165) is 6.07 Å². The van der Waals surface area contributed by atoms with Gasteiger partial charge in [-0.15, -0.1) is 0 Å². The average molecular weight is 249 g/mol. The molecule has 1 rings (SSSR count). The predicted octanol–water partition coefficient (Wildman–Crippen LogP) is 2.61. The van der Waals surface area contributed by atoms with Gasteiger partial charge < -0.3 is 15.6 Å². The van der Waals surface area contributed by atoms with Crippen LogP contribution in [-0.2, 0) is 11.7 Å². The fraction of sp³-hybridized carbons (Fsp3) is 0.455. The van der Waals surface area contributed by atoms with Gasteiger partial charge in [0.2, 0.25) is 0 Å². The highest BCUT2D eigenvalue weighted by Gasteiger charge is 2.34. The van der Waals surface area contributed by atoms with Crippen LogP contribution in [-0.4, -0.2) is 12.2 Å². The molecule has 1 aromatic carbocycles. The maximum Gasteiger partial charge on any atom is 0.416 e. The summed E-state index contributed by atoms with van der Waals surface area (Å²) >= 11 is 0. The van der Waals surface area contributed by atoms with E-state index in [1.807, 2.05) is 0 Å². The van der Waals surface area contributed by atoms with Crippen molar-refractivity contribution in [2.24, 2.45) is 5.73 Å². The molecule has 96 valence electrons. The molecule has 0 saturated heterocycles. The van der Waals surface area contributed by atoms with Crippen LogP contribution in [0.2, 0.25) is 0 Å². The topological polar surface area (TPSA) is 55.5 Å². The van der Waals surface area contributed by atoms with Crippen LogP contribution >= 0.6 is 0 Å². The number of benzene rings is 1. The highest BCUT2D eigenvalue weighted by molar-refractivity contribution is 5.51. The smallest absolute Gasteiger partial charge is 0.416 e. The molecule has 0 spiro atoms. The molecule has 0 atom stereocenters. The Balaban J connectivity index is 3.47. The number of halogens is 3. The van der Waals surface area contributed by atoms with E-state index in [1.165, 1.54) is 7.11 Å². The lowest BCUT2D eigenvalue weighted by Gasteiger charge is -2.24. The van der Waals surface area contributed by atoms with Crippen molar-refractivity contribution in [2.45, 2.75) is 25.6 Å². The van der Waals surface area contributed by atoms with E-state index in [2.05, 4.69) is 0 Å². The second-order valence-corrected chi connectivity index (χ2v) is 4.29. The van der Waals surface area contributed by atoms with E-state index < -0.39 is 23.0 Å². The summed E-state index contributed by atoms with van der Waals surface area (Å²) in [6.45, 7) is 3.13. The molecule has 17 heavy (non-hydrogen) atoms. The third-order valence-corrected chi connectivity index (χ3v) is 2.27. The number of ether oxygens (including phenoxy) is 1. The minimum absolute atomic E-state index is 0.0789. The minimum atomic E-state index is -4.54. The fourth-order valence-corrected chi connectivity index (χ4v) is 1.57. The summed E-state index contributed by atoms with van der Waals surface area (Å²) < 4.78 is 42.4. The second-order valence-electron chi connectivity index (χ2n) is 4.29. The van der Waals surface area contributed by atoms with Gasteiger partial charge in [0.1, 0.15) is 11.5 Å². The van der Waals surface area contributed by atoms with Crippen molar-refractivity contribution in [2.75, 3.05) is 7.11 Å². The van der Waals surface area contributed by atoms with Gasteiger partial charge in [0.05, 0.1) is 18.2 Å². The maximum absolute atomic E-state index is 12.5. The van der Waals surface area contributed by atoms with Crippen LogP contribution in [0.5, 0.6) is 11.5 Å². The molecule has 6 heteroatoms. The summed E-state index contributed by atoms with van der Waals surface area (Å²) in [7, 11) is 1.23. The normalized spacial score (nSPS) is 12.6. The van der Waals surface area contributed by atoms with E-state index in [9.17, 15) is 18.3 Å². The molecule has 0 aliphatic rings. The van der Waals surface area contributed by atoms with E-state index >= 15 is 0 Å². The molecule has 3 nitrogen and oxygen atoms in total. The number of phenolic OH excluding ortho intramolecular Hbond substituents is 1. The summed E-state index contributed by atoms with van der Waals surface area (Å²) in [5.41, 5.74) is 3.95. The number of alkyl halides is 3. The first-order valence-corrected chi connectivity index (χ1v) is 4.85. The number of rotatable bonds is 2. The lowest BCUT2D eigenvalue weighted by atomic mass is 9.92. The zero-order valence-corrected chi connectivity index (χ0v) is 9.72. The maximum atomic E-state index is 12.5. The third-order valence-electron chi connectivity index (χ3n) is 2.27. The number of methoxy groups -OCH3 is 1. The second kappa shape index (κ2) is 4.10. The molecule has 1 aromatic rings.